The molecule has 3 rings (SSSR count). The third-order valence-corrected chi connectivity index (χ3v) is 3.98. The Bertz CT molecular complexity index is 632. The molecule has 4 heteroatoms. The summed E-state index contributed by atoms with van der Waals surface area (Å²) in [6, 6.07) is 5.56. The molecule has 3 nitrogen and oxygen atoms in total. The summed E-state index contributed by atoms with van der Waals surface area (Å²) >= 11 is 5.98. The highest BCUT2D eigenvalue weighted by molar-refractivity contribution is 6.31. The van der Waals surface area contributed by atoms with Gasteiger partial charge in [0.1, 0.15) is 5.52 Å². The van der Waals surface area contributed by atoms with Gasteiger partial charge in [0, 0.05) is 23.7 Å². The molecule has 0 atom stereocenters. The van der Waals surface area contributed by atoms with Crippen LogP contribution in [0.25, 0.3) is 16.7 Å². The van der Waals surface area contributed by atoms with E-state index in [1.165, 1.54) is 25.0 Å². The predicted octanol–water partition coefficient (Wildman–Crippen LogP) is 4.37. The molecule has 2 heterocycles. The van der Waals surface area contributed by atoms with Gasteiger partial charge in [-0.2, -0.15) is 0 Å². The zero-order valence-corrected chi connectivity index (χ0v) is 12.5. The van der Waals surface area contributed by atoms with Gasteiger partial charge in [-0.15, -0.1) is 0 Å². The zero-order valence-electron chi connectivity index (χ0n) is 11.7. The number of halogens is 1. The fourth-order valence-electron chi connectivity index (χ4n) is 2.53. The Morgan fingerprint density at radius 3 is 3.05 bits per heavy atom. The van der Waals surface area contributed by atoms with Crippen molar-refractivity contribution >= 4 is 28.3 Å². The lowest BCUT2D eigenvalue weighted by molar-refractivity contribution is 0.295. The molecule has 1 aliphatic rings. The van der Waals surface area contributed by atoms with Crippen molar-refractivity contribution in [2.24, 2.45) is 0 Å². The molecule has 2 aromatic rings. The second kappa shape index (κ2) is 5.98. The molecule has 0 saturated heterocycles. The minimum Gasteiger partial charge on any atom is -0.436 e. The monoisotopic (exact) mass is 290 g/mol. The quantitative estimate of drug-likeness (QED) is 0.837. The second-order valence-corrected chi connectivity index (χ2v) is 5.70. The van der Waals surface area contributed by atoms with Crippen LogP contribution >= 0.6 is 11.6 Å². The fourth-order valence-corrected chi connectivity index (χ4v) is 2.69. The highest BCUT2D eigenvalue weighted by Crippen LogP contribution is 2.27. The highest BCUT2D eigenvalue weighted by atomic mass is 35.5. The van der Waals surface area contributed by atoms with Crippen LogP contribution < -0.4 is 0 Å². The summed E-state index contributed by atoms with van der Waals surface area (Å²) < 4.78 is 5.82. The predicted molar refractivity (Wildman–Crippen MR) is 83.0 cm³/mol. The smallest absolute Gasteiger partial charge is 0.222 e. The van der Waals surface area contributed by atoms with Crippen molar-refractivity contribution in [2.45, 2.75) is 26.2 Å². The standard InChI is InChI=1S/C16H19ClN2O/c1-2-3-8-19-9-6-12(7-10-19)16-18-14-11-13(17)4-5-15(14)20-16/h4-6,11H,2-3,7-10H2,1H3. The average molecular weight is 291 g/mol. The van der Waals surface area contributed by atoms with Crippen molar-refractivity contribution in [3.8, 4) is 0 Å². The fraction of sp³-hybridized carbons (Fsp3) is 0.438. The molecular formula is C16H19ClN2O. The molecule has 0 N–H and O–H groups in total. The number of oxazole rings is 1. The third-order valence-electron chi connectivity index (χ3n) is 3.75. The number of nitrogens with zero attached hydrogens (tertiary/aromatic N) is 2. The van der Waals surface area contributed by atoms with Crippen molar-refractivity contribution in [3.05, 3.63) is 35.2 Å². The van der Waals surface area contributed by atoms with E-state index in [-0.39, 0.29) is 0 Å². The molecule has 0 spiro atoms. The van der Waals surface area contributed by atoms with Crippen LogP contribution in [0.4, 0.5) is 0 Å². The van der Waals surface area contributed by atoms with Crippen molar-refractivity contribution in [2.75, 3.05) is 19.6 Å². The van der Waals surface area contributed by atoms with Gasteiger partial charge in [0.05, 0.1) is 0 Å². The molecule has 20 heavy (non-hydrogen) atoms. The molecule has 0 amide bonds. The van der Waals surface area contributed by atoms with Crippen LogP contribution in [0, 0.1) is 0 Å². The molecule has 0 bridgehead atoms. The summed E-state index contributed by atoms with van der Waals surface area (Å²) in [7, 11) is 0. The van der Waals surface area contributed by atoms with Gasteiger partial charge < -0.3 is 4.42 Å². The van der Waals surface area contributed by atoms with Crippen LogP contribution in [0.1, 0.15) is 32.1 Å². The van der Waals surface area contributed by atoms with Crippen molar-refractivity contribution in [1.82, 2.24) is 9.88 Å². The largest absolute Gasteiger partial charge is 0.436 e. The van der Waals surface area contributed by atoms with E-state index in [9.17, 15) is 0 Å². The molecule has 0 radical (unpaired) electrons. The van der Waals surface area contributed by atoms with Crippen LogP contribution in [0.15, 0.2) is 28.7 Å². The lowest BCUT2D eigenvalue weighted by Crippen LogP contribution is -2.29. The first-order valence-corrected chi connectivity index (χ1v) is 7.62. The number of rotatable bonds is 4. The maximum Gasteiger partial charge on any atom is 0.222 e. The van der Waals surface area contributed by atoms with Gasteiger partial charge in [0.2, 0.25) is 5.89 Å². The number of hydrogen-bond acceptors (Lipinski definition) is 3. The second-order valence-electron chi connectivity index (χ2n) is 5.26. The average Bonchev–Trinajstić information content (AvgIpc) is 2.88. The number of aromatic nitrogens is 1. The Morgan fingerprint density at radius 1 is 1.40 bits per heavy atom. The molecule has 0 fully saturated rings. The highest BCUT2D eigenvalue weighted by Gasteiger charge is 2.16. The summed E-state index contributed by atoms with van der Waals surface area (Å²) in [6.07, 6.45) is 5.76. The molecule has 0 unspecified atom stereocenters. The van der Waals surface area contributed by atoms with Gasteiger partial charge in [-0.05, 0) is 37.6 Å². The van der Waals surface area contributed by atoms with E-state index in [1.807, 2.05) is 18.2 Å². The summed E-state index contributed by atoms with van der Waals surface area (Å²) in [6.45, 7) is 5.50. The zero-order chi connectivity index (χ0) is 13.9. The summed E-state index contributed by atoms with van der Waals surface area (Å²) in [5.41, 5.74) is 2.85. The van der Waals surface area contributed by atoms with Crippen molar-refractivity contribution < 1.29 is 4.42 Å². The van der Waals surface area contributed by atoms with Gasteiger partial charge >= 0.3 is 0 Å². The summed E-state index contributed by atoms with van der Waals surface area (Å²) in [5.74, 6) is 0.748. The normalized spacial score (nSPS) is 16.6. The first-order chi connectivity index (χ1) is 9.76. The summed E-state index contributed by atoms with van der Waals surface area (Å²) in [5, 5.41) is 0.695. The topological polar surface area (TPSA) is 29.3 Å². The van der Waals surface area contributed by atoms with E-state index in [0.717, 1.165) is 36.5 Å². The van der Waals surface area contributed by atoms with Crippen LogP contribution in [-0.4, -0.2) is 29.5 Å². The van der Waals surface area contributed by atoms with E-state index >= 15 is 0 Å². The van der Waals surface area contributed by atoms with Crippen LogP contribution in [0.5, 0.6) is 0 Å². The van der Waals surface area contributed by atoms with Gasteiger partial charge in [-0.1, -0.05) is 31.0 Å². The minimum absolute atomic E-state index is 0.695. The molecule has 1 aliphatic heterocycles. The first kappa shape index (κ1) is 13.7. The van der Waals surface area contributed by atoms with E-state index in [1.54, 1.807) is 0 Å². The lowest BCUT2D eigenvalue weighted by atomic mass is 10.1. The Balaban J connectivity index is 1.76. The van der Waals surface area contributed by atoms with Gasteiger partial charge in [-0.25, -0.2) is 4.98 Å². The van der Waals surface area contributed by atoms with E-state index in [4.69, 9.17) is 16.0 Å². The van der Waals surface area contributed by atoms with Gasteiger partial charge in [-0.3, -0.25) is 4.90 Å². The number of benzene rings is 1. The minimum atomic E-state index is 0.695. The maximum atomic E-state index is 5.98. The molecule has 1 aromatic heterocycles. The lowest BCUT2D eigenvalue weighted by Gasteiger charge is -2.24. The molecule has 0 aliphatic carbocycles. The Morgan fingerprint density at radius 2 is 2.30 bits per heavy atom. The van der Waals surface area contributed by atoms with E-state index in [2.05, 4.69) is 22.9 Å². The van der Waals surface area contributed by atoms with Gasteiger partial charge in [0.25, 0.3) is 0 Å². The van der Waals surface area contributed by atoms with Crippen molar-refractivity contribution in [1.29, 1.82) is 0 Å². The van der Waals surface area contributed by atoms with E-state index < -0.39 is 0 Å². The Labute approximate surface area is 124 Å². The molecule has 106 valence electrons. The van der Waals surface area contributed by atoms with Crippen molar-refractivity contribution in [3.63, 3.8) is 0 Å². The number of unbranched alkanes of at least 4 members (excludes halogenated alkanes) is 1. The van der Waals surface area contributed by atoms with Crippen LogP contribution in [0.3, 0.4) is 0 Å². The summed E-state index contributed by atoms with van der Waals surface area (Å²) in [4.78, 5) is 7.03. The SMILES string of the molecule is CCCCN1CC=C(c2nc3cc(Cl)ccc3o2)CC1. The molecule has 1 aromatic carbocycles. The van der Waals surface area contributed by atoms with Crippen LogP contribution in [-0.2, 0) is 0 Å². The number of fused-ring (bicyclic) bond motifs is 1. The first-order valence-electron chi connectivity index (χ1n) is 7.24. The molecular weight excluding hydrogens is 272 g/mol. The molecule has 0 saturated carbocycles. The third kappa shape index (κ3) is 2.89. The van der Waals surface area contributed by atoms with E-state index in [0.29, 0.717) is 5.02 Å². The Kier molecular flexibility index (Phi) is 4.08. The Hall–Kier alpha value is -1.32. The maximum absolute atomic E-state index is 5.98. The number of hydrogen-bond donors (Lipinski definition) is 0. The van der Waals surface area contributed by atoms with Crippen LogP contribution in [0.2, 0.25) is 5.02 Å². The van der Waals surface area contributed by atoms with Gasteiger partial charge in [0.15, 0.2) is 5.58 Å².